The summed E-state index contributed by atoms with van der Waals surface area (Å²) in [5.74, 6) is -3.31. The summed E-state index contributed by atoms with van der Waals surface area (Å²) in [6, 6.07) is 0. The van der Waals surface area contributed by atoms with Crippen LogP contribution in [0.5, 0.6) is 0 Å². The van der Waals surface area contributed by atoms with Gasteiger partial charge in [-0.1, -0.05) is 131 Å². The van der Waals surface area contributed by atoms with Gasteiger partial charge in [-0.2, -0.15) is 0 Å². The van der Waals surface area contributed by atoms with Crippen molar-refractivity contribution in [1.29, 1.82) is 0 Å². The second kappa shape index (κ2) is 45.5. The minimum Gasteiger partial charge on any atom is -0.466 e. The van der Waals surface area contributed by atoms with Crippen molar-refractivity contribution in [2.24, 2.45) is 5.41 Å². The van der Waals surface area contributed by atoms with E-state index in [-0.39, 0.29) is 64.4 Å². The van der Waals surface area contributed by atoms with E-state index in [2.05, 4.69) is 25.7 Å². The van der Waals surface area contributed by atoms with E-state index in [4.69, 9.17) is 37.9 Å². The largest absolute Gasteiger partial charge is 0.508 e. The number of carbonyl (C=O) groups is 7. The Hall–Kier alpha value is -3.95. The number of nitrogens with zero attached hydrogens (tertiary/aromatic N) is 1. The summed E-state index contributed by atoms with van der Waals surface area (Å²) >= 11 is 0. The molecule has 0 aromatic heterocycles. The van der Waals surface area contributed by atoms with Gasteiger partial charge in [0.1, 0.15) is 31.8 Å². The number of ether oxygens (including phenoxy) is 8. The minimum absolute atomic E-state index is 0.00765. The lowest BCUT2D eigenvalue weighted by Gasteiger charge is -2.31. The SMILES string of the molecule is CCCCCCCCOC(=O)CCCC(=O)OCC(COC(=O)CCCC(=O)OCCCCCCCC)(COC(=O)CCCC(=O)OCCCCCCCC)COC(=O)OCCCN(CC)CC. The molecule has 0 N–H and O–H groups in total. The van der Waals surface area contributed by atoms with Crippen LogP contribution in [0.25, 0.3) is 0 Å². The molecule has 16 nitrogen and oxygen atoms in total. The lowest BCUT2D eigenvalue weighted by atomic mass is 9.92. The fraction of sp³-hybridized carbons (Fsp3) is 0.865. The Morgan fingerprint density at radius 3 is 0.912 bits per heavy atom. The minimum atomic E-state index is -1.58. The predicted octanol–water partition coefficient (Wildman–Crippen LogP) is 10.7. The highest BCUT2D eigenvalue weighted by molar-refractivity contribution is 5.74. The normalized spacial score (nSPS) is 11.2. The van der Waals surface area contributed by atoms with Gasteiger partial charge >= 0.3 is 42.0 Å². The molecule has 0 aromatic carbocycles. The molecule has 16 heteroatoms. The number of esters is 6. The molecule has 0 aliphatic carbocycles. The Kier molecular flexibility index (Phi) is 42.8. The molecule has 0 bridgehead atoms. The van der Waals surface area contributed by atoms with Gasteiger partial charge in [0.05, 0.1) is 26.4 Å². The van der Waals surface area contributed by atoms with E-state index in [1.165, 1.54) is 19.3 Å². The highest BCUT2D eigenvalue weighted by Gasteiger charge is 2.38. The molecule has 0 spiro atoms. The second-order valence-electron chi connectivity index (χ2n) is 17.8. The first-order valence-corrected chi connectivity index (χ1v) is 26.4. The van der Waals surface area contributed by atoms with Crippen molar-refractivity contribution in [3.63, 3.8) is 0 Å². The molecule has 68 heavy (non-hydrogen) atoms. The van der Waals surface area contributed by atoms with Crippen LogP contribution in [0.3, 0.4) is 0 Å². The average Bonchev–Trinajstić information content (AvgIpc) is 3.32. The smallest absolute Gasteiger partial charge is 0.466 e. The Balaban J connectivity index is 5.71. The molecule has 0 unspecified atom stereocenters. The quantitative estimate of drug-likeness (QED) is 0.0317. The summed E-state index contributed by atoms with van der Waals surface area (Å²) in [5.41, 5.74) is -1.58. The number of hydrogen-bond acceptors (Lipinski definition) is 16. The predicted molar refractivity (Wildman–Crippen MR) is 260 cm³/mol. The Labute approximate surface area is 409 Å². The van der Waals surface area contributed by atoms with Crippen LogP contribution in [-0.2, 0) is 66.7 Å². The fourth-order valence-electron chi connectivity index (χ4n) is 6.96. The molecule has 0 aromatic rings. The monoisotopic (exact) mass is 972 g/mol. The first kappa shape index (κ1) is 64.0. The van der Waals surface area contributed by atoms with Gasteiger partial charge in [0.2, 0.25) is 0 Å². The maximum atomic E-state index is 13.1. The van der Waals surface area contributed by atoms with Crippen molar-refractivity contribution < 1.29 is 71.5 Å². The summed E-state index contributed by atoms with van der Waals surface area (Å²) < 4.78 is 43.6. The number of rotatable bonds is 47. The van der Waals surface area contributed by atoms with E-state index in [9.17, 15) is 33.6 Å². The van der Waals surface area contributed by atoms with Crippen LogP contribution in [0, 0.1) is 5.41 Å². The van der Waals surface area contributed by atoms with E-state index in [1.807, 2.05) is 13.8 Å². The van der Waals surface area contributed by atoms with Crippen molar-refractivity contribution in [1.82, 2.24) is 4.90 Å². The average molecular weight is 972 g/mol. The van der Waals surface area contributed by atoms with Gasteiger partial charge < -0.3 is 42.8 Å². The molecule has 0 fully saturated rings. The molecule has 0 atom stereocenters. The molecule has 396 valence electrons. The molecule has 0 saturated carbocycles. The molecular weight excluding hydrogens is 879 g/mol. The first-order chi connectivity index (χ1) is 32.9. The highest BCUT2D eigenvalue weighted by atomic mass is 16.7. The fourth-order valence-corrected chi connectivity index (χ4v) is 6.96. The number of unbranched alkanes of at least 4 members (excludes halogenated alkanes) is 15. The van der Waals surface area contributed by atoms with Gasteiger partial charge in [-0.15, -0.1) is 0 Å². The number of carbonyl (C=O) groups excluding carboxylic acids is 7. The van der Waals surface area contributed by atoms with Crippen molar-refractivity contribution in [2.75, 3.05) is 72.5 Å². The van der Waals surface area contributed by atoms with E-state index >= 15 is 0 Å². The van der Waals surface area contributed by atoms with E-state index in [0.29, 0.717) is 32.8 Å². The van der Waals surface area contributed by atoms with Crippen LogP contribution in [0.1, 0.15) is 214 Å². The van der Waals surface area contributed by atoms with Crippen LogP contribution < -0.4 is 0 Å². The van der Waals surface area contributed by atoms with E-state index < -0.39 is 73.8 Å². The van der Waals surface area contributed by atoms with Crippen LogP contribution in [0.2, 0.25) is 0 Å². The van der Waals surface area contributed by atoms with Crippen LogP contribution in [-0.4, -0.2) is 119 Å². The number of hydrogen-bond donors (Lipinski definition) is 0. The third-order valence-corrected chi connectivity index (χ3v) is 11.4. The Morgan fingerprint density at radius 2 is 0.588 bits per heavy atom. The lowest BCUT2D eigenvalue weighted by Crippen LogP contribution is -2.44. The maximum Gasteiger partial charge on any atom is 0.508 e. The maximum absolute atomic E-state index is 13.1. The van der Waals surface area contributed by atoms with Gasteiger partial charge in [0, 0.05) is 45.1 Å². The highest BCUT2D eigenvalue weighted by Crippen LogP contribution is 2.23. The van der Waals surface area contributed by atoms with Crippen LogP contribution in [0.4, 0.5) is 4.79 Å². The molecular formula is C52H93NO15. The van der Waals surface area contributed by atoms with Crippen molar-refractivity contribution >= 4 is 42.0 Å². The standard InChI is InChI=1S/C52H93NO15/c1-6-11-14-17-20-23-37-61-45(54)30-26-33-48(57)65-41-52(44-68-51(60)64-40-29-36-53(9-4)10-5,42-66-49(58)34-27-31-46(55)62-38-24-21-18-15-12-7-2)43-67-50(59)35-28-32-47(56)63-39-25-22-19-16-13-8-3/h6-44H2,1-5H3. The zero-order valence-corrected chi connectivity index (χ0v) is 43.1. The van der Waals surface area contributed by atoms with E-state index in [0.717, 1.165) is 109 Å². The van der Waals surface area contributed by atoms with Crippen molar-refractivity contribution in [2.45, 2.75) is 214 Å². The summed E-state index contributed by atoms with van der Waals surface area (Å²) in [6.45, 7) is 11.9. The third kappa shape index (κ3) is 40.0. The third-order valence-electron chi connectivity index (χ3n) is 11.4. The molecule has 0 radical (unpaired) electrons. The summed E-state index contributed by atoms with van der Waals surface area (Å²) in [6.07, 6.45) is 18.6. The molecule has 0 heterocycles. The molecule has 0 amide bonds. The molecule has 0 aliphatic rings. The summed E-state index contributed by atoms with van der Waals surface area (Å²) in [5, 5.41) is 0. The van der Waals surface area contributed by atoms with Gasteiger partial charge in [-0.3, -0.25) is 28.8 Å². The summed E-state index contributed by atoms with van der Waals surface area (Å²) in [4.78, 5) is 91.1. The van der Waals surface area contributed by atoms with Crippen LogP contribution in [0.15, 0.2) is 0 Å². The van der Waals surface area contributed by atoms with Gasteiger partial charge in [0.15, 0.2) is 0 Å². The van der Waals surface area contributed by atoms with Crippen molar-refractivity contribution in [3.05, 3.63) is 0 Å². The zero-order chi connectivity index (χ0) is 50.4. The van der Waals surface area contributed by atoms with E-state index in [1.54, 1.807) is 0 Å². The molecule has 0 saturated heterocycles. The Bertz CT molecular complexity index is 1200. The zero-order valence-electron chi connectivity index (χ0n) is 43.1. The second-order valence-corrected chi connectivity index (χ2v) is 17.8. The molecule has 0 aliphatic heterocycles. The van der Waals surface area contributed by atoms with Crippen molar-refractivity contribution in [3.8, 4) is 0 Å². The van der Waals surface area contributed by atoms with Gasteiger partial charge in [-0.25, -0.2) is 4.79 Å². The summed E-state index contributed by atoms with van der Waals surface area (Å²) in [7, 11) is 0. The first-order valence-electron chi connectivity index (χ1n) is 26.4. The molecule has 0 rings (SSSR count). The lowest BCUT2D eigenvalue weighted by molar-refractivity contribution is -0.166. The van der Waals surface area contributed by atoms with Gasteiger partial charge in [-0.05, 0) is 58.0 Å². The topological polar surface area (TPSA) is 197 Å². The van der Waals surface area contributed by atoms with Gasteiger partial charge in [0.25, 0.3) is 0 Å². The van der Waals surface area contributed by atoms with Crippen LogP contribution >= 0.6 is 0 Å². The Morgan fingerprint density at radius 1 is 0.309 bits per heavy atom.